The Labute approximate surface area is 161 Å². The number of pyridine rings is 1. The maximum atomic E-state index is 12.4. The summed E-state index contributed by atoms with van der Waals surface area (Å²) < 4.78 is 6.57. The van der Waals surface area contributed by atoms with Gasteiger partial charge in [-0.05, 0) is 36.4 Å². The number of nitrogens with two attached hydrogens (primary N) is 1. The van der Waals surface area contributed by atoms with Gasteiger partial charge in [0, 0.05) is 30.9 Å². The average molecular weight is 387 g/mol. The van der Waals surface area contributed by atoms with Gasteiger partial charge in [-0.3, -0.25) is 14.0 Å². The van der Waals surface area contributed by atoms with Crippen LogP contribution in [-0.4, -0.2) is 28.9 Å². The molecule has 8 heteroatoms. The molecule has 0 bridgehead atoms. The number of hydrogen-bond donors (Lipinski definition) is 1. The van der Waals surface area contributed by atoms with Crippen LogP contribution in [0.3, 0.4) is 0 Å². The molecular formula is C19H19ClN4O3. The van der Waals surface area contributed by atoms with E-state index >= 15 is 0 Å². The number of methoxy groups -OCH3 is 1. The molecule has 0 aliphatic carbocycles. The number of rotatable bonds is 7. The van der Waals surface area contributed by atoms with E-state index < -0.39 is 5.91 Å². The van der Waals surface area contributed by atoms with Crippen LogP contribution in [-0.2, 0) is 11.3 Å². The normalized spacial score (nSPS) is 10.7. The molecule has 0 fully saturated rings. The molecule has 0 atom stereocenters. The van der Waals surface area contributed by atoms with E-state index in [1.165, 1.54) is 16.7 Å². The summed E-state index contributed by atoms with van der Waals surface area (Å²) in [5.74, 6) is 0.335. The van der Waals surface area contributed by atoms with Crippen LogP contribution in [0.25, 0.3) is 5.65 Å². The van der Waals surface area contributed by atoms with Gasteiger partial charge in [-0.15, -0.1) is 0 Å². The number of benzene rings is 1. The molecule has 2 N–H and O–H groups in total. The maximum Gasteiger partial charge on any atom is 0.258 e. The molecule has 140 valence electrons. The van der Waals surface area contributed by atoms with E-state index in [4.69, 9.17) is 22.1 Å². The summed E-state index contributed by atoms with van der Waals surface area (Å²) in [5, 5.41) is 0.459. The first-order chi connectivity index (χ1) is 13.0. The van der Waals surface area contributed by atoms with Gasteiger partial charge in [0.25, 0.3) is 5.56 Å². The Bertz CT molecular complexity index is 1020. The first-order valence-electron chi connectivity index (χ1n) is 8.31. The zero-order valence-electron chi connectivity index (χ0n) is 14.8. The summed E-state index contributed by atoms with van der Waals surface area (Å²) in [6.45, 7) is 0.761. The van der Waals surface area contributed by atoms with Gasteiger partial charge in [0.2, 0.25) is 5.91 Å². The highest BCUT2D eigenvalue weighted by Gasteiger charge is 2.12. The number of carbonyl (C=O) groups is 1. The molecule has 0 saturated heterocycles. The van der Waals surface area contributed by atoms with Gasteiger partial charge in [-0.1, -0.05) is 11.6 Å². The molecule has 2 aromatic heterocycles. The third-order valence-electron chi connectivity index (χ3n) is 4.10. The summed E-state index contributed by atoms with van der Waals surface area (Å²) in [6, 6.07) is 12.3. The van der Waals surface area contributed by atoms with Crippen molar-refractivity contribution in [2.75, 3.05) is 18.6 Å². The van der Waals surface area contributed by atoms with E-state index in [1.54, 1.807) is 19.2 Å². The van der Waals surface area contributed by atoms with E-state index in [1.807, 2.05) is 29.2 Å². The number of anilines is 1. The van der Waals surface area contributed by atoms with Crippen molar-refractivity contribution in [2.45, 2.75) is 13.0 Å². The lowest BCUT2D eigenvalue weighted by molar-refractivity contribution is -0.117. The molecule has 0 aliphatic rings. The average Bonchev–Trinajstić information content (AvgIpc) is 2.66. The molecule has 2 heterocycles. The second-order valence-electron chi connectivity index (χ2n) is 6.00. The summed E-state index contributed by atoms with van der Waals surface area (Å²) in [4.78, 5) is 30.1. The zero-order valence-corrected chi connectivity index (χ0v) is 15.5. The lowest BCUT2D eigenvalue weighted by atomic mass is 10.2. The minimum atomic E-state index is -0.394. The predicted molar refractivity (Wildman–Crippen MR) is 104 cm³/mol. The minimum Gasteiger partial charge on any atom is -0.497 e. The number of amides is 1. The van der Waals surface area contributed by atoms with E-state index in [2.05, 4.69) is 4.98 Å². The maximum absolute atomic E-state index is 12.4. The number of hydrogen-bond acceptors (Lipinski definition) is 5. The Kier molecular flexibility index (Phi) is 5.61. The van der Waals surface area contributed by atoms with E-state index in [9.17, 15) is 9.59 Å². The monoisotopic (exact) mass is 386 g/mol. The Hall–Kier alpha value is -3.06. The predicted octanol–water partition coefficient (Wildman–Crippen LogP) is 2.24. The van der Waals surface area contributed by atoms with Crippen LogP contribution in [0.15, 0.2) is 53.5 Å². The van der Waals surface area contributed by atoms with Crippen LogP contribution in [0.2, 0.25) is 5.02 Å². The molecule has 3 aromatic rings. The van der Waals surface area contributed by atoms with Crippen LogP contribution in [0.4, 0.5) is 5.69 Å². The quantitative estimate of drug-likeness (QED) is 0.672. The van der Waals surface area contributed by atoms with Gasteiger partial charge in [0.05, 0.1) is 24.4 Å². The Morgan fingerprint density at radius 1 is 1.26 bits per heavy atom. The lowest BCUT2D eigenvalue weighted by Crippen LogP contribution is -2.29. The fourth-order valence-corrected chi connectivity index (χ4v) is 2.90. The first kappa shape index (κ1) is 18.7. The smallest absolute Gasteiger partial charge is 0.258 e. The largest absolute Gasteiger partial charge is 0.497 e. The second kappa shape index (κ2) is 8.09. The van der Waals surface area contributed by atoms with E-state index in [0.29, 0.717) is 29.5 Å². The number of carbonyl (C=O) groups excluding carboxylic acids is 1. The fraction of sp³-hybridized carbons (Fsp3) is 0.211. The summed E-state index contributed by atoms with van der Waals surface area (Å²) >= 11 is 5.94. The van der Waals surface area contributed by atoms with Crippen molar-refractivity contribution >= 4 is 28.8 Å². The molecule has 0 spiro atoms. The molecular weight excluding hydrogens is 368 g/mol. The Morgan fingerprint density at radius 2 is 2.00 bits per heavy atom. The van der Waals surface area contributed by atoms with Crippen molar-refractivity contribution in [3.63, 3.8) is 0 Å². The van der Waals surface area contributed by atoms with Crippen LogP contribution in [0.1, 0.15) is 12.1 Å². The summed E-state index contributed by atoms with van der Waals surface area (Å²) in [5.41, 5.74) is 7.05. The third kappa shape index (κ3) is 4.57. The van der Waals surface area contributed by atoms with Gasteiger partial charge in [-0.25, -0.2) is 4.98 Å². The molecule has 7 nitrogen and oxygen atoms in total. The summed E-state index contributed by atoms with van der Waals surface area (Å²) in [6.07, 6.45) is 1.72. The molecule has 1 aromatic carbocycles. The van der Waals surface area contributed by atoms with Crippen molar-refractivity contribution < 1.29 is 9.53 Å². The SMILES string of the molecule is COc1ccc(N(CCC(N)=O)Cc2cc(=O)n3cc(Cl)ccc3n2)cc1. The molecule has 1 amide bonds. The van der Waals surface area contributed by atoms with Crippen molar-refractivity contribution in [1.82, 2.24) is 9.38 Å². The van der Waals surface area contributed by atoms with Gasteiger partial charge < -0.3 is 15.4 Å². The highest BCUT2D eigenvalue weighted by atomic mass is 35.5. The number of primary amides is 1. The lowest BCUT2D eigenvalue weighted by Gasteiger charge is -2.24. The Morgan fingerprint density at radius 3 is 2.67 bits per heavy atom. The fourth-order valence-electron chi connectivity index (χ4n) is 2.74. The summed E-state index contributed by atoms with van der Waals surface area (Å²) in [7, 11) is 1.60. The van der Waals surface area contributed by atoms with Crippen LogP contribution in [0.5, 0.6) is 5.75 Å². The van der Waals surface area contributed by atoms with Crippen LogP contribution in [0, 0.1) is 0 Å². The third-order valence-corrected chi connectivity index (χ3v) is 4.32. The molecule has 27 heavy (non-hydrogen) atoms. The van der Waals surface area contributed by atoms with Gasteiger partial charge >= 0.3 is 0 Å². The number of nitrogens with zero attached hydrogens (tertiary/aromatic N) is 3. The van der Waals surface area contributed by atoms with Crippen LogP contribution >= 0.6 is 11.6 Å². The van der Waals surface area contributed by atoms with Gasteiger partial charge in [0.15, 0.2) is 0 Å². The number of aromatic nitrogens is 2. The molecule has 0 saturated carbocycles. The van der Waals surface area contributed by atoms with Gasteiger partial charge in [0.1, 0.15) is 11.4 Å². The van der Waals surface area contributed by atoms with Crippen molar-refractivity contribution in [3.05, 3.63) is 69.7 Å². The highest BCUT2D eigenvalue weighted by Crippen LogP contribution is 2.21. The first-order valence-corrected chi connectivity index (χ1v) is 8.69. The van der Waals surface area contributed by atoms with Crippen LogP contribution < -0.4 is 20.9 Å². The minimum absolute atomic E-state index is 0.189. The van der Waals surface area contributed by atoms with Crippen molar-refractivity contribution in [3.8, 4) is 5.75 Å². The standard InChI is InChI=1S/C19H19ClN4O3/c1-27-16-5-3-15(4-6-16)23(9-8-17(21)25)12-14-10-19(26)24-11-13(20)2-7-18(24)22-14/h2-7,10-11H,8-9,12H2,1H3,(H2,21,25). The second-order valence-corrected chi connectivity index (χ2v) is 6.43. The molecule has 3 rings (SSSR count). The number of ether oxygens (including phenoxy) is 1. The molecule has 0 radical (unpaired) electrons. The topological polar surface area (TPSA) is 89.9 Å². The molecule has 0 aliphatic heterocycles. The zero-order chi connectivity index (χ0) is 19.4. The van der Waals surface area contributed by atoms with E-state index in [0.717, 1.165) is 11.4 Å². The molecule has 0 unspecified atom stereocenters. The van der Waals surface area contributed by atoms with Gasteiger partial charge in [-0.2, -0.15) is 0 Å². The van der Waals surface area contributed by atoms with Crippen molar-refractivity contribution in [1.29, 1.82) is 0 Å². The number of halogens is 1. The highest BCUT2D eigenvalue weighted by molar-refractivity contribution is 6.30. The number of fused-ring (bicyclic) bond motifs is 1. The Balaban J connectivity index is 1.92. The van der Waals surface area contributed by atoms with E-state index in [-0.39, 0.29) is 12.0 Å². The van der Waals surface area contributed by atoms with Crippen molar-refractivity contribution in [2.24, 2.45) is 5.73 Å².